The van der Waals surface area contributed by atoms with E-state index in [4.69, 9.17) is 37.9 Å². The normalized spacial score (nSPS) is 10.8. The second-order valence-electron chi connectivity index (χ2n) is 15.9. The number of hydrogen-bond acceptors (Lipinski definition) is 17. The fourth-order valence-corrected chi connectivity index (χ4v) is 7.48. The Hall–Kier alpha value is -7.79. The van der Waals surface area contributed by atoms with E-state index in [0.717, 1.165) is 92.7 Å². The molecule has 5 aromatic rings. The number of fused-ring (bicyclic) bond motifs is 1. The van der Waals surface area contributed by atoms with Gasteiger partial charge in [0, 0.05) is 29.9 Å². The molecule has 0 atom stereocenters. The Balaban J connectivity index is 1.29. The highest BCUT2D eigenvalue weighted by molar-refractivity contribution is 7.22. The molecular weight excluding hydrogens is 943 g/mol. The Kier molecular flexibility index (Phi) is 24.1. The third-order valence-corrected chi connectivity index (χ3v) is 11.4. The summed E-state index contributed by atoms with van der Waals surface area (Å²) in [6.45, 7) is 12.3. The van der Waals surface area contributed by atoms with Crippen LogP contribution in [0.1, 0.15) is 103 Å². The lowest BCUT2D eigenvalue weighted by Crippen LogP contribution is -2.13. The maximum Gasteiger partial charge on any atom is 0.343 e. The molecule has 0 radical (unpaired) electrons. The zero-order chi connectivity index (χ0) is 51.2. The molecule has 16 nitrogen and oxygen atoms in total. The number of aromatic nitrogens is 1. The van der Waals surface area contributed by atoms with Crippen molar-refractivity contribution in [1.29, 1.82) is 0 Å². The molecule has 0 fully saturated rings. The van der Waals surface area contributed by atoms with E-state index in [0.29, 0.717) is 55.9 Å². The van der Waals surface area contributed by atoms with Crippen LogP contribution in [0.2, 0.25) is 0 Å². The molecule has 0 bridgehead atoms. The Morgan fingerprint density at radius 2 is 0.986 bits per heavy atom. The third kappa shape index (κ3) is 19.9. The molecule has 5 rings (SSSR count). The van der Waals surface area contributed by atoms with Crippen molar-refractivity contribution in [3.05, 3.63) is 140 Å². The molecule has 0 unspecified atom stereocenters. The fourth-order valence-electron chi connectivity index (χ4n) is 6.67. The van der Waals surface area contributed by atoms with Crippen LogP contribution in [0, 0.1) is 0 Å². The van der Waals surface area contributed by atoms with Crippen molar-refractivity contribution in [3.8, 4) is 28.7 Å². The Bertz CT molecular complexity index is 2560. The SMILES string of the molecule is C=CC(=O)OCCCCCCOc1ccc(C(=O)Oc2cc(/C=N/Nc3nc4ccccc4s3)c(OC(=O)c3ccc(OCCCCCCOC(=O)C=C)cc3)c(OCCCCCCOC(=O)C=C)c2)cc1. The van der Waals surface area contributed by atoms with Gasteiger partial charge < -0.3 is 37.9 Å². The van der Waals surface area contributed by atoms with Crippen molar-refractivity contribution < 1.29 is 61.9 Å². The number of anilines is 1. The van der Waals surface area contributed by atoms with Gasteiger partial charge in [0.2, 0.25) is 5.13 Å². The molecule has 0 spiro atoms. The van der Waals surface area contributed by atoms with Gasteiger partial charge in [0.05, 0.1) is 67.2 Å². The van der Waals surface area contributed by atoms with Crippen molar-refractivity contribution in [2.24, 2.45) is 5.10 Å². The Morgan fingerprint density at radius 3 is 1.47 bits per heavy atom. The number of nitrogens with zero attached hydrogens (tertiary/aromatic N) is 2. The van der Waals surface area contributed by atoms with Gasteiger partial charge in [0.25, 0.3) is 0 Å². The second-order valence-corrected chi connectivity index (χ2v) is 17.0. The molecule has 1 heterocycles. The van der Waals surface area contributed by atoms with Gasteiger partial charge in [-0.05, 0) is 144 Å². The van der Waals surface area contributed by atoms with Crippen LogP contribution in [0.4, 0.5) is 5.13 Å². The first kappa shape index (κ1) is 55.1. The smallest absolute Gasteiger partial charge is 0.343 e. The lowest BCUT2D eigenvalue weighted by molar-refractivity contribution is -0.138. The number of ether oxygens (including phenoxy) is 8. The van der Waals surface area contributed by atoms with Gasteiger partial charge in [0.1, 0.15) is 17.2 Å². The summed E-state index contributed by atoms with van der Waals surface area (Å²) in [5.41, 5.74) is 4.51. The van der Waals surface area contributed by atoms with Crippen LogP contribution in [0.25, 0.3) is 10.2 Å². The number of hydrogen-bond donors (Lipinski definition) is 1. The summed E-state index contributed by atoms with van der Waals surface area (Å²) in [6, 6.07) is 23.8. The highest BCUT2D eigenvalue weighted by atomic mass is 32.1. The van der Waals surface area contributed by atoms with Crippen molar-refractivity contribution >= 4 is 62.7 Å². The maximum absolute atomic E-state index is 13.9. The summed E-state index contributed by atoms with van der Waals surface area (Å²) in [6.07, 6.45) is 14.2. The number of hydrazone groups is 1. The molecule has 1 N–H and O–H groups in total. The fraction of sp³-hybridized carbons (Fsp3) is 0.327. The average molecular weight is 1000 g/mol. The molecule has 0 aliphatic rings. The number of nitrogens with one attached hydrogen (secondary N) is 1. The van der Waals surface area contributed by atoms with Gasteiger partial charge in [-0.2, -0.15) is 5.10 Å². The topological polar surface area (TPSA) is 196 Å². The number of rotatable bonds is 34. The van der Waals surface area contributed by atoms with E-state index in [-0.39, 0.29) is 47.2 Å². The largest absolute Gasteiger partial charge is 0.494 e. The summed E-state index contributed by atoms with van der Waals surface area (Å²) in [4.78, 5) is 65.9. The molecule has 0 aliphatic heterocycles. The summed E-state index contributed by atoms with van der Waals surface area (Å²) >= 11 is 1.41. The first-order chi connectivity index (χ1) is 35.1. The molecule has 0 saturated heterocycles. The lowest BCUT2D eigenvalue weighted by atomic mass is 10.1. The van der Waals surface area contributed by atoms with E-state index in [2.05, 4.69) is 35.2 Å². The van der Waals surface area contributed by atoms with Crippen LogP contribution in [-0.2, 0) is 28.6 Å². The van der Waals surface area contributed by atoms with Crippen LogP contribution < -0.4 is 29.1 Å². The standard InChI is InChI=1S/C55H61N3O13S/c1-4-49(59)67-34-18-10-7-15-31-64-43-27-23-40(24-28-43)53(62)70-45-37-42(39-56-58-55-57-46-21-13-14-22-48(46)72-55)52(47(38-45)66-33-17-9-12-20-36-69-51(61)6-3)71-54(63)41-25-29-44(30-26-41)65-32-16-8-11-19-35-68-50(60)5-2/h4-6,13-14,21-30,37-39H,1-3,7-12,15-20,31-36H2,(H,57,58)/b56-39+. The minimum atomic E-state index is -0.690. The summed E-state index contributed by atoms with van der Waals surface area (Å²) in [5.74, 6) is -1.28. The van der Waals surface area contributed by atoms with Crippen molar-refractivity contribution in [2.45, 2.75) is 77.0 Å². The van der Waals surface area contributed by atoms with E-state index in [1.165, 1.54) is 29.7 Å². The maximum atomic E-state index is 13.9. The van der Waals surface area contributed by atoms with Crippen LogP contribution in [0.15, 0.2) is 128 Å². The van der Waals surface area contributed by atoms with E-state index in [1.54, 1.807) is 48.5 Å². The van der Waals surface area contributed by atoms with E-state index in [1.807, 2.05) is 24.3 Å². The summed E-state index contributed by atoms with van der Waals surface area (Å²) in [5, 5.41) is 4.96. The first-order valence-corrected chi connectivity index (χ1v) is 24.7. The zero-order valence-corrected chi connectivity index (χ0v) is 41.2. The predicted octanol–water partition coefficient (Wildman–Crippen LogP) is 11.2. The van der Waals surface area contributed by atoms with E-state index >= 15 is 0 Å². The number of unbranched alkanes of at least 4 members (excludes halogenated alkanes) is 9. The van der Waals surface area contributed by atoms with Gasteiger partial charge >= 0.3 is 29.8 Å². The summed E-state index contributed by atoms with van der Waals surface area (Å²) < 4.78 is 46.1. The second kappa shape index (κ2) is 31.4. The third-order valence-electron chi connectivity index (χ3n) is 10.4. The lowest BCUT2D eigenvalue weighted by Gasteiger charge is -2.16. The molecule has 380 valence electrons. The van der Waals surface area contributed by atoms with Crippen LogP contribution in [0.5, 0.6) is 28.7 Å². The average Bonchev–Trinajstić information content (AvgIpc) is 3.82. The monoisotopic (exact) mass is 1000 g/mol. The number of benzene rings is 4. The number of carbonyl (C=O) groups is 5. The minimum Gasteiger partial charge on any atom is -0.494 e. The zero-order valence-electron chi connectivity index (χ0n) is 40.4. The minimum absolute atomic E-state index is 0.0307. The number of thiazole rings is 1. The molecule has 0 aliphatic carbocycles. The molecule has 1 aromatic heterocycles. The van der Waals surface area contributed by atoms with Gasteiger partial charge in [-0.25, -0.2) is 29.0 Å². The Morgan fingerprint density at radius 1 is 0.528 bits per heavy atom. The number of para-hydroxylation sites is 1. The molecular formula is C55H61N3O13S. The number of esters is 5. The van der Waals surface area contributed by atoms with Crippen LogP contribution in [-0.4, -0.2) is 80.7 Å². The van der Waals surface area contributed by atoms with E-state index in [9.17, 15) is 24.0 Å². The molecule has 17 heteroatoms. The molecule has 0 amide bonds. The van der Waals surface area contributed by atoms with Gasteiger partial charge in [-0.3, -0.25) is 5.43 Å². The highest BCUT2D eigenvalue weighted by Gasteiger charge is 2.21. The van der Waals surface area contributed by atoms with Gasteiger partial charge in [-0.1, -0.05) is 43.2 Å². The van der Waals surface area contributed by atoms with Crippen molar-refractivity contribution in [1.82, 2.24) is 4.98 Å². The molecule has 4 aromatic carbocycles. The van der Waals surface area contributed by atoms with Crippen molar-refractivity contribution in [2.75, 3.05) is 45.1 Å². The van der Waals surface area contributed by atoms with E-state index < -0.39 is 29.8 Å². The molecule has 72 heavy (non-hydrogen) atoms. The van der Waals surface area contributed by atoms with Crippen molar-refractivity contribution in [3.63, 3.8) is 0 Å². The quantitative estimate of drug-likeness (QED) is 0.00776. The van der Waals surface area contributed by atoms with Crippen LogP contribution in [0.3, 0.4) is 0 Å². The van der Waals surface area contributed by atoms with Gasteiger partial charge in [0.15, 0.2) is 11.5 Å². The van der Waals surface area contributed by atoms with Crippen LogP contribution >= 0.6 is 11.3 Å². The highest BCUT2D eigenvalue weighted by Crippen LogP contribution is 2.37. The Labute approximate surface area is 423 Å². The molecule has 0 saturated carbocycles. The first-order valence-electron chi connectivity index (χ1n) is 23.9. The van der Waals surface area contributed by atoms with Gasteiger partial charge in [-0.15, -0.1) is 0 Å². The predicted molar refractivity (Wildman–Crippen MR) is 275 cm³/mol. The summed E-state index contributed by atoms with van der Waals surface area (Å²) in [7, 11) is 0. The number of carbonyl (C=O) groups excluding carboxylic acids is 5.